The van der Waals surface area contributed by atoms with Crippen LogP contribution < -0.4 is 5.73 Å². The predicted octanol–water partition coefficient (Wildman–Crippen LogP) is 2.99. The first-order valence-electron chi connectivity index (χ1n) is 6.95. The highest BCUT2D eigenvalue weighted by Gasteiger charge is 2.34. The number of aliphatic hydroxyl groups is 1. The SMILES string of the molecule is CCC(N)C(c1ccc(Br)s1)N1CCC(C(C)O)C1. The molecule has 1 aliphatic rings. The molecule has 3 nitrogen and oxygen atoms in total. The lowest BCUT2D eigenvalue weighted by atomic mass is 10.0. The standard InChI is InChI=1S/C14H23BrN2OS/c1-3-11(16)14(12-4-5-13(15)19-12)17-7-6-10(8-17)9(2)18/h4-5,9-11,14,18H,3,6-8,16H2,1-2H3. The molecule has 108 valence electrons. The lowest BCUT2D eigenvalue weighted by Gasteiger charge is -2.31. The first kappa shape index (κ1) is 15.4. The molecule has 0 amide bonds. The summed E-state index contributed by atoms with van der Waals surface area (Å²) in [4.78, 5) is 3.77. The Hall–Kier alpha value is 0.0600. The topological polar surface area (TPSA) is 49.5 Å². The van der Waals surface area contributed by atoms with Crippen molar-refractivity contribution in [2.45, 2.75) is 44.9 Å². The minimum absolute atomic E-state index is 0.151. The third kappa shape index (κ3) is 3.58. The Balaban J connectivity index is 2.15. The third-order valence-electron chi connectivity index (χ3n) is 4.09. The van der Waals surface area contributed by atoms with Gasteiger partial charge in [0, 0.05) is 17.5 Å². The molecule has 4 unspecified atom stereocenters. The first-order valence-corrected chi connectivity index (χ1v) is 8.56. The van der Waals surface area contributed by atoms with Gasteiger partial charge in [-0.1, -0.05) is 6.92 Å². The molecule has 0 saturated carbocycles. The lowest BCUT2D eigenvalue weighted by Crippen LogP contribution is -2.39. The van der Waals surface area contributed by atoms with Gasteiger partial charge in [0.15, 0.2) is 0 Å². The Morgan fingerprint density at radius 2 is 2.32 bits per heavy atom. The molecule has 1 aliphatic heterocycles. The van der Waals surface area contributed by atoms with E-state index in [1.54, 1.807) is 11.3 Å². The van der Waals surface area contributed by atoms with E-state index in [2.05, 4.69) is 39.9 Å². The van der Waals surface area contributed by atoms with E-state index in [9.17, 15) is 5.11 Å². The summed E-state index contributed by atoms with van der Waals surface area (Å²) in [7, 11) is 0. The van der Waals surface area contributed by atoms with E-state index in [0.29, 0.717) is 5.92 Å². The summed E-state index contributed by atoms with van der Waals surface area (Å²) in [6, 6.07) is 4.70. The maximum atomic E-state index is 9.76. The van der Waals surface area contributed by atoms with Crippen molar-refractivity contribution in [3.8, 4) is 0 Å². The van der Waals surface area contributed by atoms with Crippen LogP contribution in [-0.4, -0.2) is 35.2 Å². The van der Waals surface area contributed by atoms with E-state index in [1.807, 2.05) is 6.92 Å². The molecule has 1 aromatic heterocycles. The Kier molecular flexibility index (Phi) is 5.43. The van der Waals surface area contributed by atoms with Crippen LogP contribution in [0.15, 0.2) is 15.9 Å². The highest BCUT2D eigenvalue weighted by molar-refractivity contribution is 9.11. The van der Waals surface area contributed by atoms with E-state index in [1.165, 1.54) is 4.88 Å². The number of aliphatic hydroxyl groups excluding tert-OH is 1. The zero-order chi connectivity index (χ0) is 14.0. The highest BCUT2D eigenvalue weighted by atomic mass is 79.9. The molecule has 1 fully saturated rings. The summed E-state index contributed by atoms with van der Waals surface area (Å²) in [5.74, 6) is 0.384. The Morgan fingerprint density at radius 1 is 1.58 bits per heavy atom. The maximum Gasteiger partial charge on any atom is 0.0702 e. The van der Waals surface area contributed by atoms with Crippen molar-refractivity contribution in [1.82, 2.24) is 4.90 Å². The molecule has 0 bridgehead atoms. The average Bonchev–Trinajstić information content (AvgIpc) is 2.99. The van der Waals surface area contributed by atoms with Crippen LogP contribution in [0.1, 0.15) is 37.6 Å². The minimum Gasteiger partial charge on any atom is -0.393 e. The molecule has 1 saturated heterocycles. The van der Waals surface area contributed by atoms with Crippen molar-refractivity contribution < 1.29 is 5.11 Å². The van der Waals surface area contributed by atoms with Crippen LogP contribution >= 0.6 is 27.3 Å². The van der Waals surface area contributed by atoms with Crippen LogP contribution in [0.4, 0.5) is 0 Å². The van der Waals surface area contributed by atoms with Gasteiger partial charge in [0.1, 0.15) is 0 Å². The lowest BCUT2D eigenvalue weighted by molar-refractivity contribution is 0.118. The zero-order valence-corrected chi connectivity index (χ0v) is 14.0. The molecular formula is C14H23BrN2OS. The largest absolute Gasteiger partial charge is 0.393 e. The number of hydrogen-bond acceptors (Lipinski definition) is 4. The minimum atomic E-state index is -0.224. The van der Waals surface area contributed by atoms with Gasteiger partial charge in [0.2, 0.25) is 0 Å². The van der Waals surface area contributed by atoms with Crippen molar-refractivity contribution in [2.75, 3.05) is 13.1 Å². The van der Waals surface area contributed by atoms with E-state index in [0.717, 1.165) is 29.7 Å². The summed E-state index contributed by atoms with van der Waals surface area (Å²) >= 11 is 5.30. The molecule has 0 spiro atoms. The monoisotopic (exact) mass is 346 g/mol. The molecule has 3 N–H and O–H groups in total. The Morgan fingerprint density at radius 3 is 2.79 bits per heavy atom. The average molecular weight is 347 g/mol. The fourth-order valence-corrected chi connectivity index (χ4v) is 4.47. The normalized spacial score (nSPS) is 25.4. The maximum absolute atomic E-state index is 9.76. The van der Waals surface area contributed by atoms with Gasteiger partial charge in [-0.05, 0) is 60.3 Å². The van der Waals surface area contributed by atoms with Crippen molar-refractivity contribution in [1.29, 1.82) is 0 Å². The van der Waals surface area contributed by atoms with Crippen LogP contribution in [0.3, 0.4) is 0 Å². The zero-order valence-electron chi connectivity index (χ0n) is 11.6. The van der Waals surface area contributed by atoms with Crippen LogP contribution in [0.2, 0.25) is 0 Å². The Bertz CT molecular complexity index is 410. The summed E-state index contributed by atoms with van der Waals surface area (Å²) in [6.45, 7) is 6.02. The van der Waals surface area contributed by atoms with Crippen molar-refractivity contribution in [2.24, 2.45) is 11.7 Å². The van der Waals surface area contributed by atoms with E-state index < -0.39 is 0 Å². The third-order valence-corrected chi connectivity index (χ3v) is 5.79. The quantitative estimate of drug-likeness (QED) is 0.861. The highest BCUT2D eigenvalue weighted by Crippen LogP contribution is 2.36. The molecule has 1 aromatic rings. The number of halogens is 1. The first-order chi connectivity index (χ1) is 9.02. The van der Waals surface area contributed by atoms with Crippen LogP contribution in [0.25, 0.3) is 0 Å². The summed E-state index contributed by atoms with van der Waals surface area (Å²) in [6.07, 6.45) is 1.81. The molecule has 0 aromatic carbocycles. The van der Waals surface area contributed by atoms with Gasteiger partial charge in [-0.25, -0.2) is 0 Å². The molecule has 2 heterocycles. The summed E-state index contributed by atoms with van der Waals surface area (Å²) in [5.41, 5.74) is 6.35. The molecule has 2 rings (SSSR count). The number of hydrogen-bond donors (Lipinski definition) is 2. The van der Waals surface area contributed by atoms with Crippen molar-refractivity contribution in [3.05, 3.63) is 20.8 Å². The molecular weight excluding hydrogens is 324 g/mol. The fourth-order valence-electron chi connectivity index (χ4n) is 2.83. The smallest absolute Gasteiger partial charge is 0.0702 e. The van der Waals surface area contributed by atoms with Gasteiger partial charge in [0.05, 0.1) is 15.9 Å². The van der Waals surface area contributed by atoms with Gasteiger partial charge in [-0.15, -0.1) is 11.3 Å². The van der Waals surface area contributed by atoms with Gasteiger partial charge in [-0.3, -0.25) is 4.90 Å². The van der Waals surface area contributed by atoms with E-state index >= 15 is 0 Å². The predicted molar refractivity (Wildman–Crippen MR) is 84.4 cm³/mol. The van der Waals surface area contributed by atoms with Gasteiger partial charge < -0.3 is 10.8 Å². The Labute approximate surface area is 127 Å². The van der Waals surface area contributed by atoms with Crippen molar-refractivity contribution >= 4 is 27.3 Å². The second-order valence-corrected chi connectivity index (χ2v) is 7.94. The number of nitrogens with zero attached hydrogens (tertiary/aromatic N) is 1. The van der Waals surface area contributed by atoms with Crippen LogP contribution in [0.5, 0.6) is 0 Å². The van der Waals surface area contributed by atoms with Gasteiger partial charge in [0.25, 0.3) is 0 Å². The van der Waals surface area contributed by atoms with Crippen molar-refractivity contribution in [3.63, 3.8) is 0 Å². The fraction of sp³-hybridized carbons (Fsp3) is 0.714. The number of nitrogens with two attached hydrogens (primary N) is 1. The molecule has 5 heteroatoms. The number of likely N-dealkylation sites (tertiary alicyclic amines) is 1. The second kappa shape index (κ2) is 6.68. The molecule has 0 radical (unpaired) electrons. The number of rotatable bonds is 5. The van der Waals surface area contributed by atoms with Gasteiger partial charge in [-0.2, -0.15) is 0 Å². The van der Waals surface area contributed by atoms with E-state index in [4.69, 9.17) is 5.73 Å². The van der Waals surface area contributed by atoms with E-state index in [-0.39, 0.29) is 18.2 Å². The summed E-state index contributed by atoms with van der Waals surface area (Å²) < 4.78 is 1.15. The van der Waals surface area contributed by atoms with Gasteiger partial charge >= 0.3 is 0 Å². The summed E-state index contributed by atoms with van der Waals surface area (Å²) in [5, 5.41) is 9.76. The van der Waals surface area contributed by atoms with Crippen LogP contribution in [0, 0.1) is 5.92 Å². The molecule has 19 heavy (non-hydrogen) atoms. The van der Waals surface area contributed by atoms with Crippen LogP contribution in [-0.2, 0) is 0 Å². The molecule has 4 atom stereocenters. The molecule has 0 aliphatic carbocycles. The second-order valence-electron chi connectivity index (χ2n) is 5.44. The number of thiophene rings is 1.